The van der Waals surface area contributed by atoms with E-state index in [1.54, 1.807) is 0 Å². The van der Waals surface area contributed by atoms with Crippen molar-refractivity contribution in [3.8, 4) is 0 Å². The Labute approximate surface area is 221 Å². The van der Waals surface area contributed by atoms with Gasteiger partial charge in [-0.2, -0.15) is 0 Å². The molecular formula is C33H61OP. The summed E-state index contributed by atoms with van der Waals surface area (Å²) in [5.41, 5.74) is 4.80. The largest absolute Gasteiger partial charge is 0.323 e. The van der Waals surface area contributed by atoms with E-state index in [4.69, 9.17) is 0 Å². The van der Waals surface area contributed by atoms with Gasteiger partial charge in [-0.05, 0) is 60.6 Å². The van der Waals surface area contributed by atoms with Crippen LogP contribution < -0.4 is 0 Å². The highest BCUT2D eigenvalue weighted by Gasteiger charge is 2.34. The van der Waals surface area contributed by atoms with Crippen molar-refractivity contribution in [1.82, 2.24) is 0 Å². The Balaban J connectivity index is 3.20. The second-order valence-electron chi connectivity index (χ2n) is 11.5. The maximum absolute atomic E-state index is 14.9. The highest BCUT2D eigenvalue weighted by Crippen LogP contribution is 2.56. The lowest BCUT2D eigenvalue weighted by atomic mass is 9.95. The van der Waals surface area contributed by atoms with Crippen LogP contribution in [0.25, 0.3) is 0 Å². The van der Waals surface area contributed by atoms with Gasteiger partial charge in [0.1, 0.15) is 0 Å². The Morgan fingerprint density at radius 3 is 1.69 bits per heavy atom. The molecule has 0 aliphatic heterocycles. The summed E-state index contributed by atoms with van der Waals surface area (Å²) in [6, 6.07) is 7.26. The van der Waals surface area contributed by atoms with Crippen LogP contribution in [0.4, 0.5) is 0 Å². The standard InChI is InChI=1S/C33H61OP/c1-8-14-18-29(12-5)26-35(34,27-30(13-6)19-15-9-2)28(7)24-33-23-22-31(20-16-10-3)25-32(33)21-17-11-4/h22-23,25,28-30H,8-21,24,26-27H2,1-7H3. The molecule has 35 heavy (non-hydrogen) atoms. The predicted octanol–water partition coefficient (Wildman–Crippen LogP) is 11.1. The topological polar surface area (TPSA) is 17.1 Å². The fourth-order valence-electron chi connectivity index (χ4n) is 5.64. The minimum atomic E-state index is -2.28. The van der Waals surface area contributed by atoms with Gasteiger partial charge < -0.3 is 4.57 Å². The molecule has 0 aromatic heterocycles. The Morgan fingerprint density at radius 2 is 1.20 bits per heavy atom. The Bertz CT molecular complexity index is 687. The summed E-state index contributed by atoms with van der Waals surface area (Å²) in [7, 11) is -2.28. The van der Waals surface area contributed by atoms with E-state index < -0.39 is 7.14 Å². The number of hydrogen-bond donors (Lipinski definition) is 0. The number of hydrogen-bond acceptors (Lipinski definition) is 1. The SMILES string of the molecule is CCCCc1ccc(CC(C)P(=O)(CC(CC)CCCC)CC(CC)CCCC)c(CCCC)c1. The maximum atomic E-state index is 14.9. The lowest BCUT2D eigenvalue weighted by Gasteiger charge is -2.32. The Hall–Kier alpha value is -0.550. The van der Waals surface area contributed by atoms with Crippen molar-refractivity contribution < 1.29 is 4.57 Å². The van der Waals surface area contributed by atoms with Crippen LogP contribution in [-0.4, -0.2) is 18.0 Å². The zero-order chi connectivity index (χ0) is 26.1. The molecule has 0 aliphatic rings. The Kier molecular flexibility index (Phi) is 17.3. The molecule has 3 atom stereocenters. The number of unbranched alkanes of at least 4 members (excludes halogenated alkanes) is 4. The second-order valence-corrected chi connectivity index (χ2v) is 15.0. The van der Waals surface area contributed by atoms with Crippen molar-refractivity contribution in [1.29, 1.82) is 0 Å². The molecule has 0 spiro atoms. The van der Waals surface area contributed by atoms with Crippen molar-refractivity contribution in [3.63, 3.8) is 0 Å². The highest BCUT2D eigenvalue weighted by atomic mass is 31.2. The molecule has 2 heteroatoms. The fraction of sp³-hybridized carbons (Fsp3) is 0.818. The minimum Gasteiger partial charge on any atom is -0.323 e. The van der Waals surface area contributed by atoms with E-state index >= 15 is 0 Å². The number of aryl methyl sites for hydroxylation is 2. The van der Waals surface area contributed by atoms with E-state index in [1.807, 2.05) is 0 Å². The molecule has 0 fully saturated rings. The third kappa shape index (κ3) is 12.0. The van der Waals surface area contributed by atoms with Gasteiger partial charge in [0.2, 0.25) is 0 Å². The van der Waals surface area contributed by atoms with Crippen LogP contribution in [0.3, 0.4) is 0 Å². The molecule has 0 amide bonds. The average Bonchev–Trinajstić information content (AvgIpc) is 2.87. The monoisotopic (exact) mass is 504 g/mol. The first-order valence-electron chi connectivity index (χ1n) is 15.5. The van der Waals surface area contributed by atoms with Crippen LogP contribution in [0.15, 0.2) is 18.2 Å². The van der Waals surface area contributed by atoms with Gasteiger partial charge in [0.15, 0.2) is 0 Å². The van der Waals surface area contributed by atoms with E-state index in [2.05, 4.69) is 66.7 Å². The highest BCUT2D eigenvalue weighted by molar-refractivity contribution is 7.64. The molecule has 1 aromatic rings. The molecule has 1 rings (SSSR count). The van der Waals surface area contributed by atoms with Crippen molar-refractivity contribution in [2.75, 3.05) is 12.3 Å². The van der Waals surface area contributed by atoms with E-state index in [0.29, 0.717) is 11.8 Å². The predicted molar refractivity (Wildman–Crippen MR) is 161 cm³/mol. The van der Waals surface area contributed by atoms with Gasteiger partial charge in [0.25, 0.3) is 0 Å². The van der Waals surface area contributed by atoms with Crippen LogP contribution >= 0.6 is 7.14 Å². The summed E-state index contributed by atoms with van der Waals surface area (Å²) in [6.45, 7) is 16.1. The van der Waals surface area contributed by atoms with Crippen molar-refractivity contribution in [2.24, 2.45) is 11.8 Å². The van der Waals surface area contributed by atoms with Crippen LogP contribution in [0.2, 0.25) is 0 Å². The van der Waals surface area contributed by atoms with Crippen LogP contribution in [0, 0.1) is 11.8 Å². The zero-order valence-electron chi connectivity index (χ0n) is 24.8. The quantitative estimate of drug-likeness (QED) is 0.152. The summed E-state index contributed by atoms with van der Waals surface area (Å²) < 4.78 is 14.9. The molecule has 1 nitrogen and oxygen atoms in total. The lowest BCUT2D eigenvalue weighted by molar-refractivity contribution is 0.458. The van der Waals surface area contributed by atoms with E-state index in [9.17, 15) is 4.57 Å². The Morgan fingerprint density at radius 1 is 0.686 bits per heavy atom. The molecule has 0 saturated heterocycles. The first kappa shape index (κ1) is 32.5. The van der Waals surface area contributed by atoms with E-state index in [-0.39, 0.29) is 5.66 Å². The lowest BCUT2D eigenvalue weighted by Crippen LogP contribution is -2.21. The summed E-state index contributed by atoms with van der Waals surface area (Å²) in [6.07, 6.45) is 20.2. The molecule has 3 unspecified atom stereocenters. The molecule has 1 aromatic carbocycles. The van der Waals surface area contributed by atoms with Crippen LogP contribution in [0.1, 0.15) is 142 Å². The first-order chi connectivity index (χ1) is 16.9. The summed E-state index contributed by atoms with van der Waals surface area (Å²) in [5.74, 6) is 1.26. The van der Waals surface area contributed by atoms with Crippen LogP contribution in [-0.2, 0) is 23.8 Å². The van der Waals surface area contributed by atoms with Gasteiger partial charge in [0, 0.05) is 18.0 Å². The van der Waals surface area contributed by atoms with Gasteiger partial charge in [-0.15, -0.1) is 0 Å². The molecule has 0 saturated carbocycles. The summed E-state index contributed by atoms with van der Waals surface area (Å²) in [5, 5.41) is 0. The number of rotatable bonds is 21. The third-order valence-corrected chi connectivity index (χ3v) is 12.5. The smallest absolute Gasteiger partial charge is 0.0912 e. The van der Waals surface area contributed by atoms with E-state index in [0.717, 1.165) is 18.7 Å². The molecule has 204 valence electrons. The van der Waals surface area contributed by atoms with E-state index in [1.165, 1.54) is 107 Å². The third-order valence-electron chi connectivity index (χ3n) is 8.43. The van der Waals surface area contributed by atoms with Gasteiger partial charge in [0.05, 0.1) is 7.14 Å². The van der Waals surface area contributed by atoms with Gasteiger partial charge in [-0.3, -0.25) is 0 Å². The fourth-order valence-corrected chi connectivity index (χ4v) is 9.67. The minimum absolute atomic E-state index is 0.288. The van der Waals surface area contributed by atoms with Gasteiger partial charge >= 0.3 is 0 Å². The molecular weight excluding hydrogens is 443 g/mol. The summed E-state index contributed by atoms with van der Waals surface area (Å²) >= 11 is 0. The molecule has 0 aliphatic carbocycles. The van der Waals surface area contributed by atoms with Crippen molar-refractivity contribution in [2.45, 2.75) is 150 Å². The molecule has 0 radical (unpaired) electrons. The normalized spacial score (nSPS) is 16.1. The first-order valence-corrected chi connectivity index (χ1v) is 17.7. The molecule has 0 N–H and O–H groups in total. The number of benzene rings is 1. The average molecular weight is 505 g/mol. The second kappa shape index (κ2) is 18.7. The van der Waals surface area contributed by atoms with Crippen molar-refractivity contribution in [3.05, 3.63) is 34.9 Å². The molecule has 0 heterocycles. The maximum Gasteiger partial charge on any atom is 0.0912 e. The van der Waals surface area contributed by atoms with Gasteiger partial charge in [-0.1, -0.05) is 131 Å². The molecule has 0 bridgehead atoms. The summed E-state index contributed by atoms with van der Waals surface area (Å²) in [4.78, 5) is 0. The van der Waals surface area contributed by atoms with Crippen LogP contribution in [0.5, 0.6) is 0 Å². The van der Waals surface area contributed by atoms with Gasteiger partial charge in [-0.25, -0.2) is 0 Å². The zero-order valence-corrected chi connectivity index (χ0v) is 25.7. The van der Waals surface area contributed by atoms with Crippen molar-refractivity contribution >= 4 is 7.14 Å².